The highest BCUT2D eigenvalue weighted by molar-refractivity contribution is 5.99. The molecule has 1 aliphatic carbocycles. The van der Waals surface area contributed by atoms with Crippen molar-refractivity contribution in [1.29, 1.82) is 0 Å². The zero-order valence-corrected chi connectivity index (χ0v) is 26.4. The normalized spacial score (nSPS) is 15.8. The summed E-state index contributed by atoms with van der Waals surface area (Å²) in [5, 5.41) is 2.88. The zero-order valence-electron chi connectivity index (χ0n) is 26.4. The first-order valence-corrected chi connectivity index (χ1v) is 15.5. The van der Waals surface area contributed by atoms with Crippen molar-refractivity contribution in [2.75, 3.05) is 39.4 Å². The predicted octanol–water partition coefficient (Wildman–Crippen LogP) is 4.55. The van der Waals surface area contributed by atoms with E-state index in [4.69, 9.17) is 19.2 Å². The van der Waals surface area contributed by atoms with Gasteiger partial charge in [-0.2, -0.15) is 0 Å². The molecule has 1 aromatic carbocycles. The Balaban J connectivity index is 1.60. The molecule has 1 aliphatic heterocycles. The number of piperazine rings is 1. The highest BCUT2D eigenvalue weighted by Crippen LogP contribution is 2.46. The number of pyridine rings is 1. The number of carbonyl (C=O) groups excluding carboxylic acids is 4. The second-order valence-electron chi connectivity index (χ2n) is 12.0. The van der Waals surface area contributed by atoms with Gasteiger partial charge < -0.3 is 29.3 Å². The molecule has 4 rings (SSSR count). The first-order chi connectivity index (χ1) is 21.0. The van der Waals surface area contributed by atoms with Crippen LogP contribution in [0.1, 0.15) is 82.3 Å². The van der Waals surface area contributed by atoms with Gasteiger partial charge in [-0.1, -0.05) is 30.3 Å². The van der Waals surface area contributed by atoms with E-state index in [1.165, 1.54) is 0 Å². The van der Waals surface area contributed by atoms with Crippen molar-refractivity contribution in [3.8, 4) is 17.0 Å². The lowest BCUT2D eigenvalue weighted by atomic mass is 10.0. The minimum Gasteiger partial charge on any atom is -0.491 e. The number of amides is 3. The Bertz CT molecular complexity index is 1330. The third-order valence-corrected chi connectivity index (χ3v) is 7.37. The Hall–Kier alpha value is -4.15. The van der Waals surface area contributed by atoms with Crippen molar-refractivity contribution in [3.05, 3.63) is 47.7 Å². The highest BCUT2D eigenvalue weighted by Gasteiger charge is 2.35. The lowest BCUT2D eigenvalue weighted by molar-refractivity contribution is -0.155. The molecule has 1 N–H and O–H groups in total. The molecule has 238 valence electrons. The lowest BCUT2D eigenvalue weighted by Gasteiger charge is -2.36. The molecular weight excluding hydrogens is 564 g/mol. The van der Waals surface area contributed by atoms with Crippen molar-refractivity contribution in [1.82, 2.24) is 20.1 Å². The van der Waals surface area contributed by atoms with E-state index in [0.717, 1.165) is 24.0 Å². The van der Waals surface area contributed by atoms with Crippen LogP contribution in [0, 0.1) is 0 Å². The third-order valence-electron chi connectivity index (χ3n) is 7.37. The van der Waals surface area contributed by atoms with E-state index in [0.29, 0.717) is 31.1 Å². The van der Waals surface area contributed by atoms with Gasteiger partial charge in [0.25, 0.3) is 5.91 Å². The quantitative estimate of drug-likeness (QED) is 0.368. The van der Waals surface area contributed by atoms with E-state index < -0.39 is 29.6 Å². The average Bonchev–Trinajstić information content (AvgIpc) is 3.84. The van der Waals surface area contributed by atoms with Crippen molar-refractivity contribution in [2.24, 2.45) is 0 Å². The van der Waals surface area contributed by atoms with Crippen molar-refractivity contribution < 1.29 is 33.4 Å². The van der Waals surface area contributed by atoms with E-state index in [2.05, 4.69) is 5.32 Å². The van der Waals surface area contributed by atoms with Gasteiger partial charge in [0.05, 0.1) is 18.9 Å². The molecule has 2 fully saturated rings. The first-order valence-electron chi connectivity index (χ1n) is 15.5. The molecule has 0 bridgehead atoms. The molecule has 2 heterocycles. The minimum atomic E-state index is -1.02. The van der Waals surface area contributed by atoms with Crippen LogP contribution in [0.2, 0.25) is 0 Å². The standard InChI is InChI=1S/C33H44N4O7/c1-6-42-29-24(22-13-14-22)21-26(23-11-9-8-10-12-23)34-28(29)30(39)35-25(15-16-27(38)44-33(3,4)5)31(40)36-17-19-37(20-18-36)32(41)43-7-2/h8-12,21-22,25H,6-7,13-20H2,1-5H3,(H,35,39)/t25-/m0/s1. The molecule has 0 spiro atoms. The Labute approximate surface area is 259 Å². The van der Waals surface area contributed by atoms with E-state index in [1.54, 1.807) is 37.5 Å². The second kappa shape index (κ2) is 14.5. The number of hydrogen-bond donors (Lipinski definition) is 1. The van der Waals surface area contributed by atoms with Gasteiger partial charge in [-0.05, 0) is 65.9 Å². The summed E-state index contributed by atoms with van der Waals surface area (Å²) in [6.07, 6.45) is 1.53. The van der Waals surface area contributed by atoms with Gasteiger partial charge in [0.1, 0.15) is 11.6 Å². The van der Waals surface area contributed by atoms with Gasteiger partial charge in [0, 0.05) is 43.7 Å². The first kappa shape index (κ1) is 32.8. The van der Waals surface area contributed by atoms with Crippen LogP contribution in [0.4, 0.5) is 4.79 Å². The Morgan fingerprint density at radius 3 is 2.23 bits per heavy atom. The maximum absolute atomic E-state index is 14.0. The molecule has 11 nitrogen and oxygen atoms in total. The molecule has 3 amide bonds. The Morgan fingerprint density at radius 1 is 0.977 bits per heavy atom. The van der Waals surface area contributed by atoms with Gasteiger partial charge in [-0.25, -0.2) is 9.78 Å². The minimum absolute atomic E-state index is 0.0371. The topological polar surface area (TPSA) is 127 Å². The summed E-state index contributed by atoms with van der Waals surface area (Å²) >= 11 is 0. The van der Waals surface area contributed by atoms with Crippen LogP contribution in [0.25, 0.3) is 11.3 Å². The third kappa shape index (κ3) is 8.70. The fraction of sp³-hybridized carbons (Fsp3) is 0.545. The fourth-order valence-corrected chi connectivity index (χ4v) is 5.14. The van der Waals surface area contributed by atoms with Gasteiger partial charge in [0.15, 0.2) is 11.4 Å². The molecule has 0 unspecified atom stereocenters. The van der Waals surface area contributed by atoms with Gasteiger partial charge >= 0.3 is 12.1 Å². The molecule has 1 saturated heterocycles. The number of hydrogen-bond acceptors (Lipinski definition) is 8. The van der Waals surface area contributed by atoms with Gasteiger partial charge in [0.2, 0.25) is 5.91 Å². The van der Waals surface area contributed by atoms with Crippen molar-refractivity contribution >= 4 is 23.9 Å². The molecule has 1 saturated carbocycles. The lowest BCUT2D eigenvalue weighted by Crippen LogP contribution is -2.56. The zero-order chi connectivity index (χ0) is 31.9. The Kier molecular flexibility index (Phi) is 10.8. The molecule has 1 aromatic heterocycles. The predicted molar refractivity (Wildman–Crippen MR) is 164 cm³/mol. The summed E-state index contributed by atoms with van der Waals surface area (Å²) in [4.78, 5) is 60.5. The van der Waals surface area contributed by atoms with Crippen molar-refractivity contribution in [2.45, 2.75) is 77.9 Å². The van der Waals surface area contributed by atoms with Gasteiger partial charge in [-0.3, -0.25) is 14.4 Å². The largest absolute Gasteiger partial charge is 0.491 e. The molecule has 0 radical (unpaired) electrons. The number of nitrogens with zero attached hydrogens (tertiary/aromatic N) is 3. The number of esters is 1. The summed E-state index contributed by atoms with van der Waals surface area (Å²) < 4.78 is 16.6. The van der Waals surface area contributed by atoms with Crippen LogP contribution >= 0.6 is 0 Å². The van der Waals surface area contributed by atoms with Crippen LogP contribution < -0.4 is 10.1 Å². The number of benzene rings is 1. The molecule has 2 aliphatic rings. The second-order valence-corrected chi connectivity index (χ2v) is 12.0. The van der Waals surface area contributed by atoms with E-state index in [1.807, 2.05) is 43.3 Å². The number of carbonyl (C=O) groups is 4. The number of ether oxygens (including phenoxy) is 3. The number of rotatable bonds is 11. The number of aromatic nitrogens is 1. The van der Waals surface area contributed by atoms with Crippen molar-refractivity contribution in [3.63, 3.8) is 0 Å². The molecule has 11 heteroatoms. The summed E-state index contributed by atoms with van der Waals surface area (Å²) in [5.41, 5.74) is 1.86. The van der Waals surface area contributed by atoms with E-state index >= 15 is 0 Å². The summed E-state index contributed by atoms with van der Waals surface area (Å²) in [6, 6.07) is 10.6. The molecule has 44 heavy (non-hydrogen) atoms. The van der Waals surface area contributed by atoms with E-state index in [9.17, 15) is 19.2 Å². The Morgan fingerprint density at radius 2 is 1.64 bits per heavy atom. The monoisotopic (exact) mass is 608 g/mol. The molecule has 1 atom stereocenters. The summed E-state index contributed by atoms with van der Waals surface area (Å²) in [7, 11) is 0. The smallest absolute Gasteiger partial charge is 0.409 e. The summed E-state index contributed by atoms with van der Waals surface area (Å²) in [6.45, 7) is 10.7. The van der Waals surface area contributed by atoms with Crippen LogP contribution in [-0.4, -0.2) is 89.7 Å². The maximum atomic E-state index is 14.0. The van der Waals surface area contributed by atoms with Crippen LogP contribution in [0.15, 0.2) is 36.4 Å². The van der Waals surface area contributed by atoms with Crippen LogP contribution in [0.3, 0.4) is 0 Å². The van der Waals surface area contributed by atoms with Crippen LogP contribution in [-0.2, 0) is 19.1 Å². The van der Waals surface area contributed by atoms with E-state index in [-0.39, 0.29) is 50.1 Å². The SMILES string of the molecule is CCOC(=O)N1CCN(C(=O)[C@H](CCC(=O)OC(C)(C)C)NC(=O)c2nc(-c3ccccc3)cc(C3CC3)c2OCC)CC1. The average molecular weight is 609 g/mol. The molecular formula is C33H44N4O7. The van der Waals surface area contributed by atoms with Crippen LogP contribution in [0.5, 0.6) is 5.75 Å². The molecule has 2 aromatic rings. The fourth-order valence-electron chi connectivity index (χ4n) is 5.14. The highest BCUT2D eigenvalue weighted by atomic mass is 16.6. The summed E-state index contributed by atoms with van der Waals surface area (Å²) in [5.74, 6) is -0.667. The number of nitrogens with one attached hydrogen (secondary N) is 1. The maximum Gasteiger partial charge on any atom is 0.409 e. The van der Waals surface area contributed by atoms with Gasteiger partial charge in [-0.15, -0.1) is 0 Å².